The predicted molar refractivity (Wildman–Crippen MR) is 84.9 cm³/mol. The quantitative estimate of drug-likeness (QED) is 0.506. The van der Waals surface area contributed by atoms with Gasteiger partial charge in [-0.15, -0.1) is 0 Å². The predicted octanol–water partition coefficient (Wildman–Crippen LogP) is -0.0641. The number of aliphatic hydroxyl groups excluding tert-OH is 1. The van der Waals surface area contributed by atoms with Gasteiger partial charge in [0.25, 0.3) is 11.6 Å². The number of nitro groups is 1. The van der Waals surface area contributed by atoms with Crippen LogP contribution in [0.3, 0.4) is 0 Å². The van der Waals surface area contributed by atoms with E-state index in [-0.39, 0.29) is 24.3 Å². The standard InChI is InChI=1S/C15H19N3O7/c1-15(2)24-6-11(12(19)7-25-15)17-14(21)9-3-8(13(16)20)4-10(5-9)18(22)23/h3-5,11-12,19H,6-7H2,1-2H3,(H2,16,20)(H,17,21)/t11-,12-/m1/s1. The normalized spacial score (nSPS) is 22.7. The number of rotatable bonds is 4. The van der Waals surface area contributed by atoms with E-state index in [1.807, 2.05) is 0 Å². The third kappa shape index (κ3) is 4.72. The highest BCUT2D eigenvalue weighted by Crippen LogP contribution is 2.19. The molecular weight excluding hydrogens is 334 g/mol. The van der Waals surface area contributed by atoms with Crippen molar-refractivity contribution < 1.29 is 29.1 Å². The number of nitrogens with two attached hydrogens (primary N) is 1. The van der Waals surface area contributed by atoms with Gasteiger partial charge in [-0.25, -0.2) is 0 Å². The Hall–Kier alpha value is -2.56. The van der Waals surface area contributed by atoms with Crippen LogP contribution in [0.5, 0.6) is 0 Å². The van der Waals surface area contributed by atoms with E-state index in [9.17, 15) is 24.8 Å². The molecule has 1 aliphatic rings. The van der Waals surface area contributed by atoms with Crippen LogP contribution in [0, 0.1) is 10.1 Å². The summed E-state index contributed by atoms with van der Waals surface area (Å²) in [5, 5.41) is 23.5. The Morgan fingerprint density at radius 3 is 2.48 bits per heavy atom. The van der Waals surface area contributed by atoms with Crippen molar-refractivity contribution >= 4 is 17.5 Å². The Morgan fingerprint density at radius 2 is 1.88 bits per heavy atom. The Balaban J connectivity index is 2.22. The number of benzene rings is 1. The lowest BCUT2D eigenvalue weighted by molar-refractivity contribution is -0.384. The number of nitrogens with one attached hydrogen (secondary N) is 1. The molecule has 0 aromatic heterocycles. The van der Waals surface area contributed by atoms with E-state index in [0.717, 1.165) is 18.2 Å². The highest BCUT2D eigenvalue weighted by molar-refractivity contribution is 6.00. The van der Waals surface area contributed by atoms with E-state index < -0.39 is 40.4 Å². The Kier molecular flexibility index (Phi) is 5.36. The molecule has 2 rings (SSSR count). The molecule has 10 nitrogen and oxygen atoms in total. The molecule has 0 bridgehead atoms. The molecule has 4 N–H and O–H groups in total. The monoisotopic (exact) mass is 353 g/mol. The van der Waals surface area contributed by atoms with Crippen molar-refractivity contribution in [3.63, 3.8) is 0 Å². The van der Waals surface area contributed by atoms with Gasteiger partial charge in [-0.05, 0) is 19.9 Å². The number of carbonyl (C=O) groups excluding carboxylic acids is 2. The largest absolute Gasteiger partial charge is 0.388 e. The molecule has 25 heavy (non-hydrogen) atoms. The van der Waals surface area contributed by atoms with Crippen LogP contribution >= 0.6 is 0 Å². The summed E-state index contributed by atoms with van der Waals surface area (Å²) in [6, 6.07) is 2.37. The second-order valence-corrected chi connectivity index (χ2v) is 6.06. The molecule has 0 aliphatic carbocycles. The zero-order valence-electron chi connectivity index (χ0n) is 13.7. The molecule has 1 fully saturated rings. The molecule has 2 amide bonds. The lowest BCUT2D eigenvalue weighted by Gasteiger charge is -2.23. The first kappa shape index (κ1) is 18.8. The van der Waals surface area contributed by atoms with E-state index in [1.54, 1.807) is 13.8 Å². The minimum Gasteiger partial charge on any atom is -0.388 e. The zero-order valence-corrected chi connectivity index (χ0v) is 13.7. The molecule has 1 saturated heterocycles. The van der Waals surface area contributed by atoms with Gasteiger partial charge in [0.2, 0.25) is 5.91 Å². The number of hydrogen-bond acceptors (Lipinski definition) is 7. The Labute approximate surface area is 143 Å². The summed E-state index contributed by atoms with van der Waals surface area (Å²) in [6.45, 7) is 3.27. The fourth-order valence-electron chi connectivity index (χ4n) is 2.22. The first-order chi connectivity index (χ1) is 11.6. The zero-order chi connectivity index (χ0) is 18.8. The van der Waals surface area contributed by atoms with Gasteiger partial charge >= 0.3 is 0 Å². The van der Waals surface area contributed by atoms with E-state index in [0.29, 0.717) is 0 Å². The van der Waals surface area contributed by atoms with Gasteiger partial charge in [-0.3, -0.25) is 19.7 Å². The molecular formula is C15H19N3O7. The molecule has 0 unspecified atom stereocenters. The summed E-state index contributed by atoms with van der Waals surface area (Å²) in [4.78, 5) is 33.9. The Bertz CT molecular complexity index is 672. The summed E-state index contributed by atoms with van der Waals surface area (Å²) >= 11 is 0. The van der Waals surface area contributed by atoms with Gasteiger partial charge in [0, 0.05) is 23.3 Å². The summed E-state index contributed by atoms with van der Waals surface area (Å²) in [7, 11) is 0. The van der Waals surface area contributed by atoms with Gasteiger partial charge in [0.15, 0.2) is 5.79 Å². The van der Waals surface area contributed by atoms with Crippen LogP contribution in [0.15, 0.2) is 18.2 Å². The highest BCUT2D eigenvalue weighted by atomic mass is 16.7. The molecule has 1 aromatic carbocycles. The third-order valence-electron chi connectivity index (χ3n) is 3.67. The van der Waals surface area contributed by atoms with Crippen LogP contribution in [-0.4, -0.2) is 53.0 Å². The number of primary amides is 1. The minimum atomic E-state index is -1.03. The van der Waals surface area contributed by atoms with E-state index in [1.165, 1.54) is 0 Å². The number of non-ortho nitro benzene ring substituents is 1. The number of aliphatic hydroxyl groups is 1. The van der Waals surface area contributed by atoms with Crippen LogP contribution in [0.4, 0.5) is 5.69 Å². The highest BCUT2D eigenvalue weighted by Gasteiger charge is 2.32. The molecule has 1 aliphatic heterocycles. The van der Waals surface area contributed by atoms with Crippen molar-refractivity contribution in [2.24, 2.45) is 5.73 Å². The third-order valence-corrected chi connectivity index (χ3v) is 3.67. The number of hydrogen-bond donors (Lipinski definition) is 3. The second kappa shape index (κ2) is 7.13. The van der Waals surface area contributed by atoms with Crippen LogP contribution in [0.25, 0.3) is 0 Å². The molecule has 0 radical (unpaired) electrons. The maximum Gasteiger partial charge on any atom is 0.271 e. The molecule has 0 spiro atoms. The van der Waals surface area contributed by atoms with Crippen molar-refractivity contribution in [2.75, 3.05) is 13.2 Å². The summed E-state index contributed by atoms with van der Waals surface area (Å²) < 4.78 is 10.8. The lowest BCUT2D eigenvalue weighted by Crippen LogP contribution is -2.47. The first-order valence-electron chi connectivity index (χ1n) is 7.45. The maximum absolute atomic E-state index is 12.4. The molecule has 2 atom stereocenters. The fraction of sp³-hybridized carbons (Fsp3) is 0.467. The SMILES string of the molecule is CC1(C)OC[C@@H](O)[C@H](NC(=O)c2cc(C(N)=O)cc([N+](=O)[O-])c2)CO1. The van der Waals surface area contributed by atoms with Gasteiger partial charge in [-0.1, -0.05) is 0 Å². The summed E-state index contributed by atoms with van der Waals surface area (Å²) in [5.74, 6) is -2.52. The van der Waals surface area contributed by atoms with E-state index in [4.69, 9.17) is 15.2 Å². The van der Waals surface area contributed by atoms with Crippen molar-refractivity contribution in [1.82, 2.24) is 5.32 Å². The summed E-state index contributed by atoms with van der Waals surface area (Å²) in [5.41, 5.74) is 4.41. The smallest absolute Gasteiger partial charge is 0.271 e. The summed E-state index contributed by atoms with van der Waals surface area (Å²) in [6.07, 6.45) is -1.03. The molecule has 10 heteroatoms. The second-order valence-electron chi connectivity index (χ2n) is 6.06. The fourth-order valence-corrected chi connectivity index (χ4v) is 2.22. The average Bonchev–Trinajstić information content (AvgIpc) is 2.67. The van der Waals surface area contributed by atoms with Crippen LogP contribution < -0.4 is 11.1 Å². The van der Waals surface area contributed by atoms with Gasteiger partial charge < -0.3 is 25.6 Å². The van der Waals surface area contributed by atoms with Gasteiger partial charge in [0.05, 0.1) is 30.3 Å². The van der Waals surface area contributed by atoms with Gasteiger partial charge in [-0.2, -0.15) is 0 Å². The average molecular weight is 353 g/mol. The number of amides is 2. The topological polar surface area (TPSA) is 154 Å². The Morgan fingerprint density at radius 1 is 1.28 bits per heavy atom. The lowest BCUT2D eigenvalue weighted by atomic mass is 10.1. The van der Waals surface area contributed by atoms with Gasteiger partial charge in [0.1, 0.15) is 0 Å². The number of carbonyl (C=O) groups is 2. The first-order valence-corrected chi connectivity index (χ1v) is 7.45. The minimum absolute atomic E-state index is 0.0164. The molecule has 0 saturated carbocycles. The molecule has 136 valence electrons. The maximum atomic E-state index is 12.4. The molecule has 1 aromatic rings. The van der Waals surface area contributed by atoms with Crippen LogP contribution in [0.1, 0.15) is 34.6 Å². The van der Waals surface area contributed by atoms with Crippen molar-refractivity contribution in [1.29, 1.82) is 0 Å². The van der Waals surface area contributed by atoms with Crippen molar-refractivity contribution in [3.05, 3.63) is 39.4 Å². The van der Waals surface area contributed by atoms with Crippen molar-refractivity contribution in [3.8, 4) is 0 Å². The van der Waals surface area contributed by atoms with Crippen LogP contribution in [-0.2, 0) is 9.47 Å². The van der Waals surface area contributed by atoms with E-state index in [2.05, 4.69) is 5.32 Å². The number of ether oxygens (including phenoxy) is 2. The van der Waals surface area contributed by atoms with Crippen LogP contribution in [0.2, 0.25) is 0 Å². The number of nitro benzene ring substituents is 1. The van der Waals surface area contributed by atoms with Crippen molar-refractivity contribution in [2.45, 2.75) is 31.8 Å². The number of nitrogens with zero attached hydrogens (tertiary/aromatic N) is 1. The van der Waals surface area contributed by atoms with E-state index >= 15 is 0 Å². The molecule has 1 heterocycles.